The SMILES string of the molecule is O=C(O)c1ccc(C=Nn2c(-c3ccc(OC(F)F)cc3)n[nH]c2=S)cc1. The number of halogens is 2. The Morgan fingerprint density at radius 3 is 2.48 bits per heavy atom. The zero-order valence-corrected chi connectivity index (χ0v) is 14.4. The first-order chi connectivity index (χ1) is 12.9. The summed E-state index contributed by atoms with van der Waals surface area (Å²) in [4.78, 5) is 10.9. The number of nitrogens with zero attached hydrogens (tertiary/aromatic N) is 3. The highest BCUT2D eigenvalue weighted by Crippen LogP contribution is 2.22. The van der Waals surface area contributed by atoms with E-state index in [2.05, 4.69) is 20.0 Å². The molecule has 0 radical (unpaired) electrons. The van der Waals surface area contributed by atoms with E-state index >= 15 is 0 Å². The van der Waals surface area contributed by atoms with Crippen molar-refractivity contribution >= 4 is 24.4 Å². The van der Waals surface area contributed by atoms with Gasteiger partial charge < -0.3 is 9.84 Å². The minimum Gasteiger partial charge on any atom is -0.478 e. The molecule has 0 atom stereocenters. The third-order valence-electron chi connectivity index (χ3n) is 3.47. The number of hydrogen-bond donors (Lipinski definition) is 2. The van der Waals surface area contributed by atoms with E-state index in [0.29, 0.717) is 17.0 Å². The minimum absolute atomic E-state index is 0.0245. The Labute approximate surface area is 156 Å². The summed E-state index contributed by atoms with van der Waals surface area (Å²) in [5, 5.41) is 19.9. The number of rotatable bonds is 6. The molecule has 0 amide bonds. The van der Waals surface area contributed by atoms with Crippen LogP contribution in [0.2, 0.25) is 0 Å². The predicted molar refractivity (Wildman–Crippen MR) is 95.9 cm³/mol. The molecule has 0 aliphatic carbocycles. The van der Waals surface area contributed by atoms with Gasteiger partial charge in [-0.05, 0) is 54.2 Å². The van der Waals surface area contributed by atoms with Gasteiger partial charge in [0.15, 0.2) is 5.82 Å². The second-order valence-electron chi connectivity index (χ2n) is 5.24. The number of benzene rings is 2. The summed E-state index contributed by atoms with van der Waals surface area (Å²) >= 11 is 5.16. The van der Waals surface area contributed by atoms with Gasteiger partial charge in [0.2, 0.25) is 4.77 Å². The summed E-state index contributed by atoms with van der Waals surface area (Å²) in [5.74, 6) is -0.615. The van der Waals surface area contributed by atoms with Crippen LogP contribution in [0, 0.1) is 4.77 Å². The van der Waals surface area contributed by atoms with Gasteiger partial charge >= 0.3 is 12.6 Å². The third-order valence-corrected chi connectivity index (χ3v) is 3.73. The minimum atomic E-state index is -2.90. The molecule has 27 heavy (non-hydrogen) atoms. The van der Waals surface area contributed by atoms with Gasteiger partial charge in [-0.3, -0.25) is 0 Å². The number of alkyl halides is 2. The molecule has 2 N–H and O–H groups in total. The second-order valence-corrected chi connectivity index (χ2v) is 5.63. The number of carboxylic acid groups (broad SMARTS) is 1. The van der Waals surface area contributed by atoms with Crippen molar-refractivity contribution in [1.29, 1.82) is 0 Å². The Balaban J connectivity index is 1.86. The molecule has 0 bridgehead atoms. The topological polar surface area (TPSA) is 92.5 Å². The van der Waals surface area contributed by atoms with E-state index in [9.17, 15) is 13.6 Å². The maximum absolute atomic E-state index is 12.2. The van der Waals surface area contributed by atoms with Gasteiger partial charge in [0.1, 0.15) is 5.75 Å². The number of aromatic amines is 1. The summed E-state index contributed by atoms with van der Waals surface area (Å²) in [7, 11) is 0. The average Bonchev–Trinajstić information content (AvgIpc) is 3.01. The molecule has 7 nitrogen and oxygen atoms in total. The lowest BCUT2D eigenvalue weighted by molar-refractivity contribution is -0.0498. The van der Waals surface area contributed by atoms with Crippen molar-refractivity contribution < 1.29 is 23.4 Å². The number of aromatic nitrogens is 3. The Morgan fingerprint density at radius 1 is 1.22 bits per heavy atom. The molecule has 10 heteroatoms. The summed E-state index contributed by atoms with van der Waals surface area (Å²) in [6.45, 7) is -2.90. The molecule has 2 aromatic carbocycles. The van der Waals surface area contributed by atoms with Crippen LogP contribution in [0.3, 0.4) is 0 Å². The molecule has 0 saturated carbocycles. The quantitative estimate of drug-likeness (QED) is 0.493. The first kappa shape index (κ1) is 18.4. The summed E-state index contributed by atoms with van der Waals surface area (Å²) in [6.07, 6.45) is 1.49. The molecular formula is C17H12F2N4O3S. The maximum atomic E-state index is 12.2. The monoisotopic (exact) mass is 390 g/mol. The molecular weight excluding hydrogens is 378 g/mol. The van der Waals surface area contributed by atoms with Crippen molar-refractivity contribution in [1.82, 2.24) is 14.9 Å². The number of ether oxygens (including phenoxy) is 1. The molecule has 1 heterocycles. The van der Waals surface area contributed by atoms with E-state index in [0.717, 1.165) is 0 Å². The first-order valence-corrected chi connectivity index (χ1v) is 7.95. The maximum Gasteiger partial charge on any atom is 0.387 e. The largest absolute Gasteiger partial charge is 0.478 e. The van der Waals surface area contributed by atoms with E-state index < -0.39 is 12.6 Å². The highest BCUT2D eigenvalue weighted by Gasteiger charge is 2.10. The van der Waals surface area contributed by atoms with Gasteiger partial charge in [0.25, 0.3) is 0 Å². The van der Waals surface area contributed by atoms with Crippen molar-refractivity contribution in [2.75, 3.05) is 0 Å². The highest BCUT2D eigenvalue weighted by molar-refractivity contribution is 7.71. The lowest BCUT2D eigenvalue weighted by Crippen LogP contribution is -2.01. The van der Waals surface area contributed by atoms with Gasteiger partial charge in [-0.2, -0.15) is 23.7 Å². The lowest BCUT2D eigenvalue weighted by Gasteiger charge is -2.05. The highest BCUT2D eigenvalue weighted by atomic mass is 32.1. The number of aromatic carboxylic acids is 1. The standard InChI is InChI=1S/C17H12F2N4O3S/c18-16(19)26-13-7-5-11(6-8-13)14-21-22-17(27)23(14)20-9-10-1-3-12(4-2-10)15(24)25/h1-9,16H,(H,22,27)(H,24,25). The fourth-order valence-electron chi connectivity index (χ4n) is 2.21. The van der Waals surface area contributed by atoms with Crippen LogP contribution >= 0.6 is 12.2 Å². The summed E-state index contributed by atoms with van der Waals surface area (Å²) in [5.41, 5.74) is 1.41. The van der Waals surface area contributed by atoms with Crippen LogP contribution < -0.4 is 4.74 Å². The Kier molecular flexibility index (Phi) is 5.36. The molecule has 138 valence electrons. The zero-order valence-electron chi connectivity index (χ0n) is 13.5. The number of carboxylic acids is 1. The Hall–Kier alpha value is -3.40. The van der Waals surface area contributed by atoms with Gasteiger partial charge in [0.05, 0.1) is 11.8 Å². The van der Waals surface area contributed by atoms with Gasteiger partial charge in [-0.15, -0.1) is 0 Å². The van der Waals surface area contributed by atoms with Crippen LogP contribution in [0.5, 0.6) is 5.75 Å². The van der Waals surface area contributed by atoms with Crippen molar-refractivity contribution in [3.8, 4) is 17.1 Å². The van der Waals surface area contributed by atoms with Crippen LogP contribution in [0.1, 0.15) is 15.9 Å². The zero-order chi connectivity index (χ0) is 19.4. The smallest absolute Gasteiger partial charge is 0.387 e. The lowest BCUT2D eigenvalue weighted by atomic mass is 10.1. The third kappa shape index (κ3) is 4.42. The molecule has 0 aliphatic rings. The van der Waals surface area contributed by atoms with Crippen molar-refractivity contribution in [2.24, 2.45) is 5.10 Å². The van der Waals surface area contributed by atoms with Gasteiger partial charge in [0, 0.05) is 5.56 Å². The van der Waals surface area contributed by atoms with E-state index in [1.807, 2.05) is 0 Å². The second kappa shape index (κ2) is 7.87. The Morgan fingerprint density at radius 2 is 1.89 bits per heavy atom. The van der Waals surface area contributed by atoms with Crippen molar-refractivity contribution in [3.63, 3.8) is 0 Å². The molecule has 3 aromatic rings. The molecule has 0 fully saturated rings. The van der Waals surface area contributed by atoms with Crippen molar-refractivity contribution in [3.05, 3.63) is 64.4 Å². The van der Waals surface area contributed by atoms with E-state index in [1.54, 1.807) is 24.3 Å². The van der Waals surface area contributed by atoms with Crippen LogP contribution in [0.15, 0.2) is 53.6 Å². The number of H-pyrrole nitrogens is 1. The predicted octanol–water partition coefficient (Wildman–Crippen LogP) is 3.79. The molecule has 0 spiro atoms. The average molecular weight is 390 g/mol. The Bertz CT molecular complexity index is 1030. The molecule has 0 aliphatic heterocycles. The van der Waals surface area contributed by atoms with Gasteiger partial charge in [-0.1, -0.05) is 12.1 Å². The molecule has 0 unspecified atom stereocenters. The van der Waals surface area contributed by atoms with Crippen LogP contribution in [-0.2, 0) is 0 Å². The fraction of sp³-hybridized carbons (Fsp3) is 0.0588. The van der Waals surface area contributed by atoms with Crippen LogP contribution in [0.4, 0.5) is 8.78 Å². The summed E-state index contributed by atoms with van der Waals surface area (Å²) in [6, 6.07) is 12.0. The van der Waals surface area contributed by atoms with Crippen LogP contribution in [-0.4, -0.2) is 38.8 Å². The molecule has 3 rings (SSSR count). The summed E-state index contributed by atoms with van der Waals surface area (Å²) < 4.78 is 30.4. The normalized spacial score (nSPS) is 11.2. The van der Waals surface area contributed by atoms with Crippen molar-refractivity contribution in [2.45, 2.75) is 6.61 Å². The van der Waals surface area contributed by atoms with E-state index in [1.165, 1.54) is 35.2 Å². The van der Waals surface area contributed by atoms with Gasteiger partial charge in [-0.25, -0.2) is 9.89 Å². The number of nitrogens with one attached hydrogen (secondary N) is 1. The molecule has 1 aromatic heterocycles. The number of carbonyl (C=O) groups is 1. The molecule has 0 saturated heterocycles. The van der Waals surface area contributed by atoms with E-state index in [4.69, 9.17) is 17.3 Å². The van der Waals surface area contributed by atoms with Crippen LogP contribution in [0.25, 0.3) is 11.4 Å². The first-order valence-electron chi connectivity index (χ1n) is 7.54. The fourth-order valence-corrected chi connectivity index (χ4v) is 2.39. The number of hydrogen-bond acceptors (Lipinski definition) is 5. The van der Waals surface area contributed by atoms with E-state index in [-0.39, 0.29) is 16.1 Å².